The summed E-state index contributed by atoms with van der Waals surface area (Å²) in [7, 11) is -4.64. The molecule has 0 radical (unpaired) electrons. The van der Waals surface area contributed by atoms with E-state index in [1.807, 2.05) is 0 Å². The van der Waals surface area contributed by atoms with E-state index in [2.05, 4.69) is 0 Å². The van der Waals surface area contributed by atoms with Crippen molar-refractivity contribution in [3.8, 4) is 0 Å². The van der Waals surface area contributed by atoms with Gasteiger partial charge in [-0.3, -0.25) is 4.57 Å². The lowest BCUT2D eigenvalue weighted by atomic mass is 10.3. The quantitative estimate of drug-likeness (QED) is 0.532. The summed E-state index contributed by atoms with van der Waals surface area (Å²) in [4.78, 5) is 16.3. The molecule has 0 aromatic rings. The fourth-order valence-electron chi connectivity index (χ4n) is 0.419. The SMILES string of the molecule is C[C@H](O)CC(F)P(=O)(O)O. The van der Waals surface area contributed by atoms with Crippen LogP contribution < -0.4 is 0 Å². The molecule has 0 aromatic heterocycles. The zero-order chi connectivity index (χ0) is 8.36. The maximum absolute atomic E-state index is 12.2. The molecule has 0 bridgehead atoms. The van der Waals surface area contributed by atoms with E-state index in [9.17, 15) is 8.96 Å². The Labute approximate surface area is 57.8 Å². The molecule has 1 unspecified atom stereocenters. The van der Waals surface area contributed by atoms with E-state index >= 15 is 0 Å². The van der Waals surface area contributed by atoms with Crippen LogP contribution in [0.3, 0.4) is 0 Å². The number of hydrogen-bond donors (Lipinski definition) is 3. The summed E-state index contributed by atoms with van der Waals surface area (Å²) < 4.78 is 22.3. The third kappa shape index (κ3) is 3.95. The van der Waals surface area contributed by atoms with Crippen LogP contribution in [0.1, 0.15) is 13.3 Å². The van der Waals surface area contributed by atoms with Gasteiger partial charge in [0.05, 0.1) is 6.10 Å². The fourth-order valence-corrected chi connectivity index (χ4v) is 0.999. The highest BCUT2D eigenvalue weighted by Gasteiger charge is 2.29. The number of alkyl halides is 1. The lowest BCUT2D eigenvalue weighted by Crippen LogP contribution is -2.10. The van der Waals surface area contributed by atoms with Gasteiger partial charge < -0.3 is 14.9 Å². The molecule has 0 amide bonds. The summed E-state index contributed by atoms with van der Waals surface area (Å²) in [6.07, 6.45) is -1.55. The van der Waals surface area contributed by atoms with Gasteiger partial charge in [-0.1, -0.05) is 0 Å². The van der Waals surface area contributed by atoms with Crippen LogP contribution in [0.4, 0.5) is 4.39 Å². The van der Waals surface area contributed by atoms with Crippen LogP contribution in [-0.4, -0.2) is 26.9 Å². The van der Waals surface area contributed by atoms with Crippen LogP contribution in [0.25, 0.3) is 0 Å². The van der Waals surface area contributed by atoms with Gasteiger partial charge in [0.15, 0.2) is 0 Å². The van der Waals surface area contributed by atoms with Gasteiger partial charge in [0, 0.05) is 6.42 Å². The van der Waals surface area contributed by atoms with Crippen LogP contribution in [-0.2, 0) is 4.57 Å². The normalized spacial score (nSPS) is 18.5. The smallest absolute Gasteiger partial charge is 0.359 e. The Kier molecular flexibility index (Phi) is 3.45. The van der Waals surface area contributed by atoms with Crippen LogP contribution in [0.15, 0.2) is 0 Å². The molecule has 0 saturated heterocycles. The number of rotatable bonds is 3. The Balaban J connectivity index is 3.86. The predicted molar refractivity (Wildman–Crippen MR) is 33.2 cm³/mol. The Hall–Kier alpha value is 0.0400. The second-order valence-corrected chi connectivity index (χ2v) is 3.85. The minimum Gasteiger partial charge on any atom is -0.393 e. The monoisotopic (exact) mass is 172 g/mol. The third-order valence-electron chi connectivity index (χ3n) is 0.901. The average molecular weight is 172 g/mol. The predicted octanol–water partition coefficient (Wildman–Crippen LogP) is 0.231. The van der Waals surface area contributed by atoms with E-state index in [0.29, 0.717) is 0 Å². The molecule has 3 N–H and O–H groups in total. The summed E-state index contributed by atoms with van der Waals surface area (Å²) in [5.74, 6) is -2.24. The molecule has 0 fully saturated rings. The lowest BCUT2D eigenvalue weighted by Gasteiger charge is -2.10. The van der Waals surface area contributed by atoms with Crippen molar-refractivity contribution in [2.24, 2.45) is 0 Å². The maximum atomic E-state index is 12.2. The molecule has 0 aliphatic heterocycles. The highest BCUT2D eigenvalue weighted by atomic mass is 31.2. The van der Waals surface area contributed by atoms with Gasteiger partial charge in [-0.25, -0.2) is 4.39 Å². The van der Waals surface area contributed by atoms with Crippen molar-refractivity contribution in [2.75, 3.05) is 0 Å². The molecular formula is C4H10FO4P. The van der Waals surface area contributed by atoms with Gasteiger partial charge in [0.25, 0.3) is 0 Å². The van der Waals surface area contributed by atoms with Crippen molar-refractivity contribution in [1.29, 1.82) is 0 Å². The molecule has 0 heterocycles. The van der Waals surface area contributed by atoms with Crippen molar-refractivity contribution in [2.45, 2.75) is 25.4 Å². The van der Waals surface area contributed by atoms with E-state index in [-0.39, 0.29) is 0 Å². The van der Waals surface area contributed by atoms with Crippen molar-refractivity contribution in [3.63, 3.8) is 0 Å². The molecule has 2 atom stereocenters. The summed E-state index contributed by atoms with van der Waals surface area (Å²) >= 11 is 0. The molecule has 0 spiro atoms. The van der Waals surface area contributed by atoms with Gasteiger partial charge in [-0.05, 0) is 6.92 Å². The Morgan fingerprint density at radius 3 is 2.10 bits per heavy atom. The third-order valence-corrected chi connectivity index (χ3v) is 1.84. The van der Waals surface area contributed by atoms with E-state index in [1.165, 1.54) is 6.92 Å². The largest absolute Gasteiger partial charge is 0.393 e. The summed E-state index contributed by atoms with van der Waals surface area (Å²) in [6, 6.07) is 0. The van der Waals surface area contributed by atoms with Crippen molar-refractivity contribution in [1.82, 2.24) is 0 Å². The first-order chi connectivity index (χ1) is 4.34. The summed E-state index contributed by atoms with van der Waals surface area (Å²) in [5.41, 5.74) is 0. The van der Waals surface area contributed by atoms with Crippen LogP contribution in [0.2, 0.25) is 0 Å². The molecule has 0 aliphatic carbocycles. The minimum atomic E-state index is -4.64. The van der Waals surface area contributed by atoms with Crippen LogP contribution in [0, 0.1) is 0 Å². The van der Waals surface area contributed by atoms with Crippen LogP contribution in [0.5, 0.6) is 0 Å². The van der Waals surface area contributed by atoms with Gasteiger partial charge in [-0.2, -0.15) is 0 Å². The first-order valence-corrected chi connectivity index (χ1v) is 4.39. The van der Waals surface area contributed by atoms with E-state index in [4.69, 9.17) is 14.9 Å². The molecule has 62 valence electrons. The molecule has 0 saturated carbocycles. The highest BCUT2D eigenvalue weighted by molar-refractivity contribution is 7.52. The van der Waals surface area contributed by atoms with Crippen LogP contribution >= 0.6 is 7.60 Å². The summed E-state index contributed by atoms with van der Waals surface area (Å²) in [5, 5.41) is 8.50. The Bertz CT molecular complexity index is 142. The van der Waals surface area contributed by atoms with Crippen molar-refractivity contribution in [3.05, 3.63) is 0 Å². The minimum absolute atomic E-state index is 0.524. The number of aliphatic hydroxyl groups excluding tert-OH is 1. The number of aliphatic hydroxyl groups is 1. The number of hydrogen-bond acceptors (Lipinski definition) is 2. The van der Waals surface area contributed by atoms with E-state index in [0.717, 1.165) is 0 Å². The summed E-state index contributed by atoms with van der Waals surface area (Å²) in [6.45, 7) is 1.27. The molecule has 0 rings (SSSR count). The number of halogens is 1. The van der Waals surface area contributed by atoms with Gasteiger partial charge in [0.1, 0.15) is 0 Å². The first-order valence-electron chi connectivity index (χ1n) is 2.71. The van der Waals surface area contributed by atoms with Gasteiger partial charge in [0.2, 0.25) is 5.91 Å². The molecule has 0 aromatic carbocycles. The topological polar surface area (TPSA) is 77.8 Å². The van der Waals surface area contributed by atoms with E-state index < -0.39 is 26.0 Å². The maximum Gasteiger partial charge on any atom is 0.359 e. The Morgan fingerprint density at radius 2 is 2.00 bits per heavy atom. The van der Waals surface area contributed by atoms with E-state index in [1.54, 1.807) is 0 Å². The Morgan fingerprint density at radius 1 is 1.60 bits per heavy atom. The average Bonchev–Trinajstić information content (AvgIpc) is 1.60. The van der Waals surface area contributed by atoms with Gasteiger partial charge >= 0.3 is 7.60 Å². The molecule has 0 aliphatic rings. The van der Waals surface area contributed by atoms with Crippen molar-refractivity contribution >= 4 is 7.60 Å². The molecular weight excluding hydrogens is 162 g/mol. The standard InChI is InChI=1S/C4H10FO4P/c1-3(6)2-4(5)10(7,8)9/h3-4,6H,2H2,1H3,(H2,7,8,9)/t3-,4?/m0/s1. The van der Waals surface area contributed by atoms with Gasteiger partial charge in [-0.15, -0.1) is 0 Å². The molecule has 6 heteroatoms. The second kappa shape index (κ2) is 3.44. The molecule has 10 heavy (non-hydrogen) atoms. The van der Waals surface area contributed by atoms with Crippen molar-refractivity contribution < 1.29 is 23.8 Å². The first kappa shape index (κ1) is 10.0. The molecule has 4 nitrogen and oxygen atoms in total. The zero-order valence-corrected chi connectivity index (χ0v) is 6.33. The second-order valence-electron chi connectivity index (χ2n) is 2.11. The zero-order valence-electron chi connectivity index (χ0n) is 5.44. The highest BCUT2D eigenvalue weighted by Crippen LogP contribution is 2.43. The lowest BCUT2D eigenvalue weighted by molar-refractivity contribution is 0.153. The fraction of sp³-hybridized carbons (Fsp3) is 1.00.